The number of carboxylic acid groups (broad SMARTS) is 1. The predicted molar refractivity (Wildman–Crippen MR) is 112 cm³/mol. The molecule has 0 radical (unpaired) electrons. The summed E-state index contributed by atoms with van der Waals surface area (Å²) in [4.78, 5) is 43.4. The Kier molecular flexibility index (Phi) is 5.17. The van der Waals surface area contributed by atoms with Gasteiger partial charge in [-0.25, -0.2) is 14.2 Å². The number of hydrogen-bond acceptors (Lipinski definition) is 7. The summed E-state index contributed by atoms with van der Waals surface area (Å²) in [5, 5.41) is 29.0. The van der Waals surface area contributed by atoms with E-state index in [-0.39, 0.29) is 34.2 Å². The highest BCUT2D eigenvalue weighted by molar-refractivity contribution is 5.92. The second-order valence-electron chi connectivity index (χ2n) is 7.38. The molecule has 4 rings (SSSR count). The maximum atomic E-state index is 15.0. The molecule has 2 aromatic heterocycles. The molecule has 11 heteroatoms. The van der Waals surface area contributed by atoms with Gasteiger partial charge in [-0.15, -0.1) is 0 Å². The molecule has 10 nitrogen and oxygen atoms in total. The van der Waals surface area contributed by atoms with Crippen molar-refractivity contribution >= 4 is 28.7 Å². The van der Waals surface area contributed by atoms with Crippen LogP contribution in [0.1, 0.15) is 17.3 Å². The van der Waals surface area contributed by atoms with Gasteiger partial charge in [-0.3, -0.25) is 14.2 Å². The first-order chi connectivity index (χ1) is 15.2. The molecule has 166 valence electrons. The van der Waals surface area contributed by atoms with Crippen LogP contribution in [0.25, 0.3) is 16.7 Å². The number of fused-ring (bicyclic) bond motifs is 1. The smallest absolute Gasteiger partial charge is 0.341 e. The fourth-order valence-corrected chi connectivity index (χ4v) is 3.72. The standard InChI is InChI=1S/C21H19FN4O6/c1-11(27)24-4-6-25(7-5-24)20-15(22)9-13-18(30)14(21(31)32)10-26(19(13)23-20)16-3-2-12(28)8-17(16)29/h2-3,8-10,28-29H,4-7H2,1H3,(H,31,32). The Balaban J connectivity index is 1.93. The third kappa shape index (κ3) is 3.57. The minimum absolute atomic E-state index is 0.0433. The zero-order chi connectivity index (χ0) is 23.2. The molecular weight excluding hydrogens is 423 g/mol. The van der Waals surface area contributed by atoms with E-state index in [1.807, 2.05) is 0 Å². The number of piperazine rings is 1. The lowest BCUT2D eigenvalue weighted by Crippen LogP contribution is -2.48. The summed E-state index contributed by atoms with van der Waals surface area (Å²) >= 11 is 0. The van der Waals surface area contributed by atoms with Crippen molar-refractivity contribution in [2.45, 2.75) is 6.92 Å². The molecule has 1 fully saturated rings. The van der Waals surface area contributed by atoms with E-state index in [1.165, 1.54) is 23.6 Å². The van der Waals surface area contributed by atoms with Crippen LogP contribution in [0.2, 0.25) is 0 Å². The minimum atomic E-state index is -1.52. The largest absolute Gasteiger partial charge is 0.508 e. The maximum absolute atomic E-state index is 15.0. The normalized spacial score (nSPS) is 14.1. The van der Waals surface area contributed by atoms with Crippen LogP contribution >= 0.6 is 0 Å². The number of hydrogen-bond donors (Lipinski definition) is 3. The van der Waals surface area contributed by atoms with Crippen molar-refractivity contribution in [2.24, 2.45) is 0 Å². The molecule has 32 heavy (non-hydrogen) atoms. The number of carboxylic acids is 1. The first-order valence-corrected chi connectivity index (χ1v) is 9.69. The van der Waals surface area contributed by atoms with E-state index >= 15 is 0 Å². The molecule has 1 aliphatic rings. The number of phenols is 2. The highest BCUT2D eigenvalue weighted by atomic mass is 19.1. The molecule has 1 amide bonds. The van der Waals surface area contributed by atoms with E-state index in [0.717, 1.165) is 18.3 Å². The van der Waals surface area contributed by atoms with E-state index in [4.69, 9.17) is 0 Å². The Labute approximate surface area is 180 Å². The van der Waals surface area contributed by atoms with Crippen molar-refractivity contribution in [1.29, 1.82) is 0 Å². The van der Waals surface area contributed by atoms with Crippen molar-refractivity contribution in [2.75, 3.05) is 31.1 Å². The number of amides is 1. The first-order valence-electron chi connectivity index (χ1n) is 9.69. The summed E-state index contributed by atoms with van der Waals surface area (Å²) in [7, 11) is 0. The van der Waals surface area contributed by atoms with E-state index in [9.17, 15) is 34.1 Å². The van der Waals surface area contributed by atoms with Crippen LogP contribution in [-0.4, -0.2) is 67.8 Å². The topological polar surface area (TPSA) is 136 Å². The predicted octanol–water partition coefficient (Wildman–Crippen LogP) is 1.30. The number of aromatic carboxylic acids is 1. The van der Waals surface area contributed by atoms with Crippen molar-refractivity contribution < 1.29 is 29.3 Å². The van der Waals surface area contributed by atoms with Crippen LogP contribution in [0.15, 0.2) is 35.3 Å². The van der Waals surface area contributed by atoms with E-state index in [0.29, 0.717) is 26.2 Å². The van der Waals surface area contributed by atoms with Crippen LogP contribution in [0.4, 0.5) is 10.2 Å². The summed E-state index contributed by atoms with van der Waals surface area (Å²) in [6.07, 6.45) is 1.00. The fourth-order valence-electron chi connectivity index (χ4n) is 3.72. The molecule has 1 saturated heterocycles. The molecule has 0 saturated carbocycles. The van der Waals surface area contributed by atoms with Crippen molar-refractivity contribution in [3.8, 4) is 17.2 Å². The number of carbonyl (C=O) groups is 2. The quantitative estimate of drug-likeness (QED) is 0.552. The van der Waals surface area contributed by atoms with E-state index < -0.39 is 28.5 Å². The molecule has 1 aromatic carbocycles. The van der Waals surface area contributed by atoms with Gasteiger partial charge in [0.15, 0.2) is 17.3 Å². The van der Waals surface area contributed by atoms with Gasteiger partial charge in [-0.2, -0.15) is 0 Å². The number of aromatic hydroxyl groups is 2. The first kappa shape index (κ1) is 21.1. The number of pyridine rings is 2. The SMILES string of the molecule is CC(=O)N1CCN(c2nc3c(cc2F)c(=O)c(C(=O)O)cn3-c2ccc(O)cc2O)CC1. The number of nitrogens with zero attached hydrogens (tertiary/aromatic N) is 4. The van der Waals surface area contributed by atoms with E-state index in [2.05, 4.69) is 4.98 Å². The average molecular weight is 442 g/mol. The van der Waals surface area contributed by atoms with Crippen molar-refractivity contribution in [3.05, 3.63) is 52.1 Å². The van der Waals surface area contributed by atoms with Gasteiger partial charge in [0, 0.05) is 45.4 Å². The zero-order valence-corrected chi connectivity index (χ0v) is 16.9. The Hall–Kier alpha value is -4.15. The van der Waals surface area contributed by atoms with Gasteiger partial charge in [0.2, 0.25) is 11.3 Å². The molecule has 0 atom stereocenters. The summed E-state index contributed by atoms with van der Waals surface area (Å²) in [5.41, 5.74) is -1.57. The number of anilines is 1. The molecule has 0 spiro atoms. The van der Waals surface area contributed by atoms with Gasteiger partial charge in [0.25, 0.3) is 0 Å². The summed E-state index contributed by atoms with van der Waals surface area (Å²) in [5.74, 6) is -3.10. The van der Waals surface area contributed by atoms with Gasteiger partial charge in [-0.1, -0.05) is 0 Å². The van der Waals surface area contributed by atoms with E-state index in [1.54, 1.807) is 9.80 Å². The summed E-state index contributed by atoms with van der Waals surface area (Å²) < 4.78 is 16.1. The van der Waals surface area contributed by atoms with Crippen molar-refractivity contribution in [3.63, 3.8) is 0 Å². The second-order valence-corrected chi connectivity index (χ2v) is 7.38. The number of phenolic OH excluding ortho intramolecular Hbond substituents is 2. The zero-order valence-electron chi connectivity index (χ0n) is 16.9. The fraction of sp³-hybridized carbons (Fsp3) is 0.238. The molecule has 3 heterocycles. The van der Waals surface area contributed by atoms with Crippen LogP contribution in [0, 0.1) is 5.82 Å². The van der Waals surface area contributed by atoms with Crippen LogP contribution in [0.5, 0.6) is 11.5 Å². The van der Waals surface area contributed by atoms with Crippen LogP contribution < -0.4 is 10.3 Å². The highest BCUT2D eigenvalue weighted by Crippen LogP contribution is 2.30. The van der Waals surface area contributed by atoms with Crippen LogP contribution in [-0.2, 0) is 4.79 Å². The Bertz CT molecular complexity index is 1310. The Morgan fingerprint density at radius 3 is 2.38 bits per heavy atom. The van der Waals surface area contributed by atoms with Gasteiger partial charge >= 0.3 is 5.97 Å². The third-order valence-corrected chi connectivity index (χ3v) is 5.39. The molecule has 3 aromatic rings. The number of rotatable bonds is 3. The number of aromatic nitrogens is 2. The summed E-state index contributed by atoms with van der Waals surface area (Å²) in [6.45, 7) is 2.83. The van der Waals surface area contributed by atoms with Gasteiger partial charge < -0.3 is 25.1 Å². The molecule has 3 N–H and O–H groups in total. The van der Waals surface area contributed by atoms with Crippen molar-refractivity contribution in [1.82, 2.24) is 14.5 Å². The lowest BCUT2D eigenvalue weighted by atomic mass is 10.1. The summed E-state index contributed by atoms with van der Waals surface area (Å²) in [6, 6.07) is 4.56. The monoisotopic (exact) mass is 442 g/mol. The number of benzene rings is 1. The maximum Gasteiger partial charge on any atom is 0.341 e. The van der Waals surface area contributed by atoms with Gasteiger partial charge in [0.05, 0.1) is 11.1 Å². The van der Waals surface area contributed by atoms with Gasteiger partial charge in [-0.05, 0) is 18.2 Å². The Morgan fingerprint density at radius 1 is 1.09 bits per heavy atom. The lowest BCUT2D eigenvalue weighted by molar-refractivity contribution is -0.129. The number of halogens is 1. The molecule has 0 bridgehead atoms. The van der Waals surface area contributed by atoms with Crippen LogP contribution in [0.3, 0.4) is 0 Å². The molecule has 0 unspecified atom stereocenters. The minimum Gasteiger partial charge on any atom is -0.508 e. The highest BCUT2D eigenvalue weighted by Gasteiger charge is 2.25. The average Bonchev–Trinajstić information content (AvgIpc) is 2.74. The number of carbonyl (C=O) groups excluding carboxylic acids is 1. The second kappa shape index (κ2) is 7.84. The lowest BCUT2D eigenvalue weighted by Gasteiger charge is -2.35. The van der Waals surface area contributed by atoms with Gasteiger partial charge in [0.1, 0.15) is 17.1 Å². The molecular formula is C21H19FN4O6. The third-order valence-electron chi connectivity index (χ3n) is 5.39. The Morgan fingerprint density at radius 2 is 1.78 bits per heavy atom. The molecule has 1 aliphatic heterocycles. The molecule has 0 aliphatic carbocycles.